The van der Waals surface area contributed by atoms with Gasteiger partial charge >= 0.3 is 6.09 Å². The Labute approximate surface area is 112 Å². The smallest absolute Gasteiger partial charge is 0.407 e. The van der Waals surface area contributed by atoms with Crippen LogP contribution < -0.4 is 5.32 Å². The SMILES string of the molecule is CC(C)(C)OC(=O)NCCC(O)c1ccc(F)cc1. The molecule has 1 unspecified atom stereocenters. The second kappa shape index (κ2) is 6.52. The number of hydrogen-bond donors (Lipinski definition) is 2. The zero-order valence-corrected chi connectivity index (χ0v) is 11.4. The molecular weight excluding hydrogens is 249 g/mol. The molecule has 106 valence electrons. The Kier molecular flexibility index (Phi) is 5.30. The first-order valence-electron chi connectivity index (χ1n) is 6.18. The summed E-state index contributed by atoms with van der Waals surface area (Å²) in [6.45, 7) is 5.62. The van der Waals surface area contributed by atoms with Crippen LogP contribution in [0.3, 0.4) is 0 Å². The number of aliphatic hydroxyl groups is 1. The van der Waals surface area contributed by atoms with Gasteiger partial charge in [0.25, 0.3) is 0 Å². The summed E-state index contributed by atoms with van der Waals surface area (Å²) in [5, 5.41) is 12.4. The van der Waals surface area contributed by atoms with E-state index in [-0.39, 0.29) is 12.4 Å². The van der Waals surface area contributed by atoms with Gasteiger partial charge in [0.2, 0.25) is 0 Å². The zero-order chi connectivity index (χ0) is 14.5. The molecule has 1 atom stereocenters. The molecule has 1 amide bonds. The number of rotatable bonds is 4. The Morgan fingerprint density at radius 3 is 2.47 bits per heavy atom. The van der Waals surface area contributed by atoms with E-state index in [0.29, 0.717) is 12.0 Å². The molecule has 0 aliphatic rings. The normalized spacial score (nSPS) is 12.9. The molecule has 0 saturated heterocycles. The predicted octanol–water partition coefficient (Wildman–Crippen LogP) is 2.77. The van der Waals surface area contributed by atoms with E-state index in [2.05, 4.69) is 5.32 Å². The highest BCUT2D eigenvalue weighted by Gasteiger charge is 2.16. The van der Waals surface area contributed by atoms with Crippen LogP contribution in [0.4, 0.5) is 9.18 Å². The third-order valence-corrected chi connectivity index (χ3v) is 2.34. The van der Waals surface area contributed by atoms with Gasteiger partial charge in [0.15, 0.2) is 0 Å². The van der Waals surface area contributed by atoms with E-state index in [1.807, 2.05) is 0 Å². The van der Waals surface area contributed by atoms with Crippen LogP contribution in [0.5, 0.6) is 0 Å². The number of aliphatic hydroxyl groups excluding tert-OH is 1. The van der Waals surface area contributed by atoms with Gasteiger partial charge < -0.3 is 15.2 Å². The molecule has 5 heteroatoms. The largest absolute Gasteiger partial charge is 0.444 e. The summed E-state index contributed by atoms with van der Waals surface area (Å²) in [7, 11) is 0. The van der Waals surface area contributed by atoms with Crippen molar-refractivity contribution in [2.75, 3.05) is 6.54 Å². The fourth-order valence-electron chi connectivity index (χ4n) is 1.48. The van der Waals surface area contributed by atoms with Crippen LogP contribution in [-0.2, 0) is 4.74 Å². The molecule has 0 bridgehead atoms. The maximum Gasteiger partial charge on any atom is 0.407 e. The highest BCUT2D eigenvalue weighted by molar-refractivity contribution is 5.67. The second-order valence-electron chi connectivity index (χ2n) is 5.28. The molecule has 0 aliphatic heterocycles. The lowest BCUT2D eigenvalue weighted by atomic mass is 10.1. The average molecular weight is 269 g/mol. The van der Waals surface area contributed by atoms with E-state index >= 15 is 0 Å². The molecule has 2 N–H and O–H groups in total. The number of alkyl carbamates (subject to hydrolysis) is 1. The molecule has 0 fully saturated rings. The molecule has 1 aromatic carbocycles. The third-order valence-electron chi connectivity index (χ3n) is 2.34. The van der Waals surface area contributed by atoms with Gasteiger partial charge in [-0.05, 0) is 44.9 Å². The Balaban J connectivity index is 2.33. The number of benzene rings is 1. The number of carbonyl (C=O) groups excluding carboxylic acids is 1. The van der Waals surface area contributed by atoms with Crippen molar-refractivity contribution in [1.82, 2.24) is 5.32 Å². The van der Waals surface area contributed by atoms with Gasteiger partial charge in [-0.3, -0.25) is 0 Å². The fraction of sp³-hybridized carbons (Fsp3) is 0.500. The van der Waals surface area contributed by atoms with Crippen molar-refractivity contribution < 1.29 is 19.0 Å². The minimum atomic E-state index is -0.740. The van der Waals surface area contributed by atoms with Gasteiger partial charge in [-0.1, -0.05) is 12.1 Å². The van der Waals surface area contributed by atoms with Crippen LogP contribution in [0, 0.1) is 5.82 Å². The summed E-state index contributed by atoms with van der Waals surface area (Å²) < 4.78 is 17.8. The summed E-state index contributed by atoms with van der Waals surface area (Å²) in [6, 6.07) is 5.63. The number of halogens is 1. The van der Waals surface area contributed by atoms with E-state index in [0.717, 1.165) is 0 Å². The first-order valence-corrected chi connectivity index (χ1v) is 6.18. The summed E-state index contributed by atoms with van der Waals surface area (Å²) in [4.78, 5) is 11.4. The van der Waals surface area contributed by atoms with Crippen molar-refractivity contribution in [3.8, 4) is 0 Å². The fourth-order valence-corrected chi connectivity index (χ4v) is 1.48. The van der Waals surface area contributed by atoms with Crippen LogP contribution in [0.2, 0.25) is 0 Å². The molecule has 0 radical (unpaired) electrons. The van der Waals surface area contributed by atoms with Gasteiger partial charge in [-0.2, -0.15) is 0 Å². The molecule has 1 rings (SSSR count). The van der Waals surface area contributed by atoms with Crippen molar-refractivity contribution in [2.45, 2.75) is 38.9 Å². The monoisotopic (exact) mass is 269 g/mol. The van der Waals surface area contributed by atoms with Crippen molar-refractivity contribution >= 4 is 6.09 Å². The van der Waals surface area contributed by atoms with Crippen LogP contribution in [-0.4, -0.2) is 23.3 Å². The Morgan fingerprint density at radius 1 is 1.37 bits per heavy atom. The highest BCUT2D eigenvalue weighted by Crippen LogP contribution is 2.16. The second-order valence-corrected chi connectivity index (χ2v) is 5.28. The number of ether oxygens (including phenoxy) is 1. The van der Waals surface area contributed by atoms with Crippen molar-refractivity contribution in [3.05, 3.63) is 35.6 Å². The van der Waals surface area contributed by atoms with Crippen molar-refractivity contribution in [2.24, 2.45) is 0 Å². The average Bonchev–Trinajstić information content (AvgIpc) is 2.27. The summed E-state index contributed by atoms with van der Waals surface area (Å²) in [6.07, 6.45) is -0.917. The topological polar surface area (TPSA) is 58.6 Å². The van der Waals surface area contributed by atoms with Gasteiger partial charge in [-0.15, -0.1) is 0 Å². The maximum absolute atomic E-state index is 12.7. The number of hydrogen-bond acceptors (Lipinski definition) is 3. The zero-order valence-electron chi connectivity index (χ0n) is 11.4. The molecule has 0 spiro atoms. The Bertz CT molecular complexity index is 412. The first-order chi connectivity index (χ1) is 8.78. The van der Waals surface area contributed by atoms with Gasteiger partial charge in [-0.25, -0.2) is 9.18 Å². The number of carbonyl (C=O) groups is 1. The Morgan fingerprint density at radius 2 is 1.95 bits per heavy atom. The first kappa shape index (κ1) is 15.4. The Hall–Kier alpha value is -1.62. The lowest BCUT2D eigenvalue weighted by molar-refractivity contribution is 0.0518. The molecule has 19 heavy (non-hydrogen) atoms. The standard InChI is InChI=1S/C14H20FNO3/c1-14(2,3)19-13(18)16-9-8-12(17)10-4-6-11(15)7-5-10/h4-7,12,17H,8-9H2,1-3H3,(H,16,18). The van der Waals surface area contributed by atoms with Crippen LogP contribution in [0.15, 0.2) is 24.3 Å². The quantitative estimate of drug-likeness (QED) is 0.883. The van der Waals surface area contributed by atoms with Crippen molar-refractivity contribution in [3.63, 3.8) is 0 Å². The van der Waals surface area contributed by atoms with Crippen LogP contribution in [0.25, 0.3) is 0 Å². The highest BCUT2D eigenvalue weighted by atomic mass is 19.1. The molecule has 1 aromatic rings. The summed E-state index contributed by atoms with van der Waals surface area (Å²) >= 11 is 0. The van der Waals surface area contributed by atoms with E-state index < -0.39 is 17.8 Å². The van der Waals surface area contributed by atoms with Crippen LogP contribution in [0.1, 0.15) is 38.9 Å². The molecule has 0 heterocycles. The summed E-state index contributed by atoms with van der Waals surface area (Å²) in [5.41, 5.74) is 0.0759. The minimum absolute atomic E-state index is 0.285. The van der Waals surface area contributed by atoms with Gasteiger partial charge in [0.1, 0.15) is 11.4 Å². The van der Waals surface area contributed by atoms with E-state index in [1.54, 1.807) is 20.8 Å². The molecule has 4 nitrogen and oxygen atoms in total. The van der Waals surface area contributed by atoms with Crippen LogP contribution >= 0.6 is 0 Å². The maximum atomic E-state index is 12.7. The lowest BCUT2D eigenvalue weighted by Gasteiger charge is -2.20. The third kappa shape index (κ3) is 6.20. The van der Waals surface area contributed by atoms with Gasteiger partial charge in [0.05, 0.1) is 6.10 Å². The molecule has 0 aromatic heterocycles. The molecular formula is C14H20FNO3. The number of nitrogens with one attached hydrogen (secondary N) is 1. The molecule has 0 saturated carbocycles. The van der Waals surface area contributed by atoms with E-state index in [4.69, 9.17) is 4.74 Å². The molecule has 0 aliphatic carbocycles. The van der Waals surface area contributed by atoms with E-state index in [1.165, 1.54) is 24.3 Å². The lowest BCUT2D eigenvalue weighted by Crippen LogP contribution is -2.33. The summed E-state index contributed by atoms with van der Waals surface area (Å²) in [5.74, 6) is -0.345. The van der Waals surface area contributed by atoms with Crippen molar-refractivity contribution in [1.29, 1.82) is 0 Å². The van der Waals surface area contributed by atoms with E-state index in [9.17, 15) is 14.3 Å². The number of amides is 1. The van der Waals surface area contributed by atoms with Gasteiger partial charge in [0, 0.05) is 6.54 Å². The minimum Gasteiger partial charge on any atom is -0.444 e. The predicted molar refractivity (Wildman–Crippen MR) is 70.2 cm³/mol.